The second-order valence-corrected chi connectivity index (χ2v) is 4.53. The minimum atomic E-state index is -0.111. The fraction of sp³-hybridized carbons (Fsp3) is 0.0667. The molecule has 3 aromatic rings. The Morgan fingerprint density at radius 3 is 2.79 bits per heavy atom. The molecule has 4 nitrogen and oxygen atoms in total. The highest BCUT2D eigenvalue weighted by Gasteiger charge is 2.06. The summed E-state index contributed by atoms with van der Waals surface area (Å²) in [5, 5.41) is 12.3. The number of aromatic nitrogens is 2. The number of fused-ring (bicyclic) bond motifs is 1. The molecular formula is C15H12N2O2. The van der Waals surface area contributed by atoms with E-state index in [2.05, 4.69) is 4.98 Å². The van der Waals surface area contributed by atoms with Gasteiger partial charge in [-0.1, -0.05) is 0 Å². The van der Waals surface area contributed by atoms with Crippen LogP contribution in [-0.4, -0.2) is 4.98 Å². The second kappa shape index (κ2) is 4.24. The molecule has 0 atom stereocenters. The molecular weight excluding hydrogens is 240 g/mol. The molecule has 1 N–H and O–H groups in total. The highest BCUT2D eigenvalue weighted by Crippen LogP contribution is 2.24. The Morgan fingerprint density at radius 1 is 1.16 bits per heavy atom. The lowest BCUT2D eigenvalue weighted by atomic mass is 10.0. The average molecular weight is 252 g/mol. The molecule has 0 spiro atoms. The Kier molecular flexibility index (Phi) is 2.56. The third-order valence-electron chi connectivity index (χ3n) is 3.14. The molecule has 0 unspecified atom stereocenters. The zero-order valence-corrected chi connectivity index (χ0v) is 10.4. The predicted octanol–water partition coefficient (Wildman–Crippen LogP) is 2.14. The van der Waals surface area contributed by atoms with E-state index < -0.39 is 0 Å². The maximum absolute atomic E-state index is 11.3. The van der Waals surface area contributed by atoms with E-state index >= 15 is 0 Å². The molecule has 0 saturated heterocycles. The fourth-order valence-electron chi connectivity index (χ4n) is 2.24. The maximum atomic E-state index is 11.3. The van der Waals surface area contributed by atoms with Gasteiger partial charge in [-0.3, -0.25) is 4.79 Å². The van der Waals surface area contributed by atoms with Crippen LogP contribution in [0.25, 0.3) is 22.0 Å². The molecule has 94 valence electrons. The lowest BCUT2D eigenvalue weighted by Gasteiger charge is -2.07. The molecule has 0 saturated carbocycles. The quantitative estimate of drug-likeness (QED) is 0.533. The fourth-order valence-corrected chi connectivity index (χ4v) is 2.24. The Morgan fingerprint density at radius 2 is 2.00 bits per heavy atom. The van der Waals surface area contributed by atoms with E-state index in [-0.39, 0.29) is 5.56 Å². The van der Waals surface area contributed by atoms with Gasteiger partial charge >= 0.3 is 0 Å². The standard InChI is InChI=1S/C15H12N2O2/c1-10-7-13(12-3-2-6-17(19)9-12)8-11-4-5-14(18)16-15(10)11/h2-9H,1H3,(H,16,18). The van der Waals surface area contributed by atoms with Crippen molar-refractivity contribution in [3.63, 3.8) is 0 Å². The highest BCUT2D eigenvalue weighted by atomic mass is 16.5. The predicted molar refractivity (Wildman–Crippen MR) is 73.7 cm³/mol. The largest absolute Gasteiger partial charge is 0.619 e. The smallest absolute Gasteiger partial charge is 0.248 e. The maximum Gasteiger partial charge on any atom is 0.248 e. The monoisotopic (exact) mass is 252 g/mol. The topological polar surface area (TPSA) is 59.8 Å². The lowest BCUT2D eigenvalue weighted by Crippen LogP contribution is -2.23. The average Bonchev–Trinajstić information content (AvgIpc) is 2.39. The summed E-state index contributed by atoms with van der Waals surface area (Å²) in [6.07, 6.45) is 2.99. The van der Waals surface area contributed by atoms with Crippen molar-refractivity contribution in [3.05, 3.63) is 69.9 Å². The van der Waals surface area contributed by atoms with Gasteiger partial charge in [0.05, 0.1) is 5.52 Å². The molecule has 0 amide bonds. The first-order valence-electron chi connectivity index (χ1n) is 5.96. The van der Waals surface area contributed by atoms with Crippen LogP contribution in [0, 0.1) is 12.1 Å². The van der Waals surface area contributed by atoms with E-state index in [1.54, 1.807) is 12.1 Å². The molecule has 0 aliphatic carbocycles. The number of hydrogen-bond acceptors (Lipinski definition) is 2. The minimum Gasteiger partial charge on any atom is -0.619 e. The normalized spacial score (nSPS) is 10.8. The van der Waals surface area contributed by atoms with E-state index in [4.69, 9.17) is 0 Å². The molecule has 3 rings (SSSR count). The molecule has 0 aliphatic heterocycles. The van der Waals surface area contributed by atoms with Crippen LogP contribution in [0.5, 0.6) is 0 Å². The van der Waals surface area contributed by atoms with Crippen LogP contribution < -0.4 is 10.3 Å². The van der Waals surface area contributed by atoms with Gasteiger partial charge in [0.15, 0.2) is 12.4 Å². The Labute approximate surface area is 109 Å². The summed E-state index contributed by atoms with van der Waals surface area (Å²) in [7, 11) is 0. The van der Waals surface area contributed by atoms with Gasteiger partial charge in [-0.15, -0.1) is 0 Å². The van der Waals surface area contributed by atoms with Crippen LogP contribution in [0.1, 0.15) is 5.56 Å². The van der Waals surface area contributed by atoms with Crippen molar-refractivity contribution in [1.29, 1.82) is 0 Å². The van der Waals surface area contributed by atoms with Crippen molar-refractivity contribution in [1.82, 2.24) is 4.98 Å². The van der Waals surface area contributed by atoms with E-state index in [9.17, 15) is 10.0 Å². The summed E-state index contributed by atoms with van der Waals surface area (Å²) in [5.41, 5.74) is 3.52. The second-order valence-electron chi connectivity index (χ2n) is 4.53. The third kappa shape index (κ3) is 2.08. The van der Waals surface area contributed by atoms with Gasteiger partial charge < -0.3 is 10.2 Å². The summed E-state index contributed by atoms with van der Waals surface area (Å²) in [6.45, 7) is 1.94. The van der Waals surface area contributed by atoms with Crippen molar-refractivity contribution in [2.24, 2.45) is 0 Å². The molecule has 0 fully saturated rings. The van der Waals surface area contributed by atoms with Gasteiger partial charge in [-0.25, -0.2) is 0 Å². The van der Waals surface area contributed by atoms with Crippen molar-refractivity contribution >= 4 is 10.9 Å². The molecule has 1 aromatic carbocycles. The van der Waals surface area contributed by atoms with Crippen molar-refractivity contribution < 1.29 is 4.73 Å². The number of nitrogens with zero attached hydrogens (tertiary/aromatic N) is 1. The van der Waals surface area contributed by atoms with Gasteiger partial charge in [0.2, 0.25) is 5.56 Å². The summed E-state index contributed by atoms with van der Waals surface area (Å²) < 4.78 is 0.779. The van der Waals surface area contributed by atoms with Crippen molar-refractivity contribution in [2.75, 3.05) is 0 Å². The van der Waals surface area contributed by atoms with E-state index in [1.807, 2.05) is 25.1 Å². The first-order chi connectivity index (χ1) is 9.13. The number of rotatable bonds is 1. The molecule has 4 heteroatoms. The number of hydrogen-bond donors (Lipinski definition) is 1. The van der Waals surface area contributed by atoms with Crippen LogP contribution in [0.3, 0.4) is 0 Å². The lowest BCUT2D eigenvalue weighted by molar-refractivity contribution is -0.604. The number of pyridine rings is 2. The third-order valence-corrected chi connectivity index (χ3v) is 3.14. The van der Waals surface area contributed by atoms with Crippen LogP contribution in [0.4, 0.5) is 0 Å². The summed E-state index contributed by atoms with van der Waals surface area (Å²) in [5.74, 6) is 0. The minimum absolute atomic E-state index is 0.111. The van der Waals surface area contributed by atoms with Crippen molar-refractivity contribution in [3.8, 4) is 11.1 Å². The van der Waals surface area contributed by atoms with Crippen LogP contribution in [0.15, 0.2) is 53.6 Å². The first-order valence-corrected chi connectivity index (χ1v) is 5.96. The Hall–Kier alpha value is -2.62. The number of H-pyrrole nitrogens is 1. The van der Waals surface area contributed by atoms with Crippen LogP contribution >= 0.6 is 0 Å². The van der Waals surface area contributed by atoms with Gasteiger partial charge in [-0.05, 0) is 47.7 Å². The van der Waals surface area contributed by atoms with E-state index in [0.29, 0.717) is 0 Å². The number of aromatic amines is 1. The molecule has 19 heavy (non-hydrogen) atoms. The Bertz CT molecular complexity index is 822. The van der Waals surface area contributed by atoms with Gasteiger partial charge in [-0.2, -0.15) is 4.73 Å². The van der Waals surface area contributed by atoms with Gasteiger partial charge in [0.25, 0.3) is 0 Å². The molecule has 0 bridgehead atoms. The van der Waals surface area contributed by atoms with Gasteiger partial charge in [0, 0.05) is 17.7 Å². The van der Waals surface area contributed by atoms with Crippen LogP contribution in [-0.2, 0) is 0 Å². The SMILES string of the molecule is Cc1cc(-c2ccc[n+]([O-])c2)cc2ccc(=O)[nH]c12. The highest BCUT2D eigenvalue weighted by molar-refractivity contribution is 5.86. The molecule has 2 aromatic heterocycles. The van der Waals surface area contributed by atoms with Crippen LogP contribution in [0.2, 0.25) is 0 Å². The summed E-state index contributed by atoms with van der Waals surface area (Å²) in [6, 6.07) is 10.8. The van der Waals surface area contributed by atoms with Gasteiger partial charge in [0.1, 0.15) is 0 Å². The molecule has 0 radical (unpaired) electrons. The Balaban J connectivity index is 2.27. The molecule has 2 heterocycles. The number of aryl methyl sites for hydroxylation is 1. The zero-order chi connectivity index (χ0) is 13.4. The first kappa shape index (κ1) is 11.5. The number of benzene rings is 1. The zero-order valence-electron chi connectivity index (χ0n) is 10.4. The summed E-state index contributed by atoms with van der Waals surface area (Å²) >= 11 is 0. The number of nitrogens with one attached hydrogen (secondary N) is 1. The molecule has 0 aliphatic rings. The summed E-state index contributed by atoms with van der Waals surface area (Å²) in [4.78, 5) is 14.2. The van der Waals surface area contributed by atoms with Crippen molar-refractivity contribution in [2.45, 2.75) is 6.92 Å². The van der Waals surface area contributed by atoms with E-state index in [1.165, 1.54) is 18.5 Å². The van der Waals surface area contributed by atoms with E-state index in [0.717, 1.165) is 32.3 Å².